The van der Waals surface area contributed by atoms with Gasteiger partial charge >= 0.3 is 0 Å². The Kier molecular flexibility index (Phi) is 7.02. The monoisotopic (exact) mass is 479 g/mol. The number of fused-ring (bicyclic) bond motifs is 1. The number of piperidine rings is 1. The van der Waals surface area contributed by atoms with Gasteiger partial charge in [0.25, 0.3) is 0 Å². The Bertz CT molecular complexity index is 1120. The number of benzene rings is 1. The molecule has 2 aliphatic rings. The normalized spacial score (nSPS) is 21.9. The van der Waals surface area contributed by atoms with E-state index >= 15 is 0 Å². The van der Waals surface area contributed by atoms with Crippen molar-refractivity contribution in [3.05, 3.63) is 53.5 Å². The van der Waals surface area contributed by atoms with Crippen molar-refractivity contribution in [1.82, 2.24) is 15.2 Å². The van der Waals surface area contributed by atoms with Crippen LogP contribution < -0.4 is 16.8 Å². The molecule has 3 heterocycles. The van der Waals surface area contributed by atoms with Crippen LogP contribution in [0.3, 0.4) is 0 Å². The number of nitrogens with two attached hydrogens (primary N) is 2. The maximum Gasteiger partial charge on any atom is 0.127 e. The lowest BCUT2D eigenvalue weighted by atomic mass is 9.79. The first-order valence-electron chi connectivity index (χ1n) is 12.6. The summed E-state index contributed by atoms with van der Waals surface area (Å²) in [5, 5.41) is 15.3. The van der Waals surface area contributed by atoms with Gasteiger partial charge in [-0.05, 0) is 89.1 Å². The summed E-state index contributed by atoms with van der Waals surface area (Å²) in [5.74, 6) is 1.21. The summed E-state index contributed by atoms with van der Waals surface area (Å²) in [4.78, 5) is 6.72. The van der Waals surface area contributed by atoms with Gasteiger partial charge in [0, 0.05) is 66.3 Å². The number of aromatic hydroxyl groups is 1. The smallest absolute Gasteiger partial charge is 0.127 e. The predicted octanol–water partition coefficient (Wildman–Crippen LogP) is 4.18. The number of allylic oxidation sites excluding steroid dienone is 2. The molecule has 0 amide bonds. The van der Waals surface area contributed by atoms with Crippen LogP contribution in [0.5, 0.6) is 5.75 Å². The third kappa shape index (κ3) is 5.90. The van der Waals surface area contributed by atoms with Gasteiger partial charge in [-0.1, -0.05) is 0 Å². The lowest BCUT2D eigenvalue weighted by molar-refractivity contribution is 0.0853. The number of rotatable bonds is 5. The third-order valence-electron chi connectivity index (χ3n) is 7.38. The van der Waals surface area contributed by atoms with E-state index in [0.29, 0.717) is 29.0 Å². The molecule has 35 heavy (non-hydrogen) atoms. The maximum absolute atomic E-state index is 10.6. The lowest BCUT2D eigenvalue weighted by Crippen LogP contribution is -2.61. The molecule has 2 aliphatic heterocycles. The minimum absolute atomic E-state index is 0.0320. The molecule has 1 aromatic carbocycles. The Hall–Kier alpha value is -2.77. The largest absolute Gasteiger partial charge is 0.507 e. The van der Waals surface area contributed by atoms with Crippen LogP contribution in [-0.4, -0.2) is 52.4 Å². The summed E-state index contributed by atoms with van der Waals surface area (Å²) in [5.41, 5.74) is 15.9. The van der Waals surface area contributed by atoms with Crippen molar-refractivity contribution in [1.29, 1.82) is 0 Å². The topological polar surface area (TPSA) is 110 Å². The molecule has 6 N–H and O–H groups in total. The van der Waals surface area contributed by atoms with E-state index in [0.717, 1.165) is 49.8 Å². The van der Waals surface area contributed by atoms with E-state index in [1.165, 1.54) is 5.56 Å². The Morgan fingerprint density at radius 1 is 1.09 bits per heavy atom. The second-order valence-corrected chi connectivity index (χ2v) is 11.5. The number of aromatic nitrogens is 1. The zero-order valence-electron chi connectivity index (χ0n) is 21.8. The minimum atomic E-state index is 0.0320. The number of nitrogens with one attached hydrogen (secondary N) is 1. The first-order valence-corrected chi connectivity index (χ1v) is 12.6. The van der Waals surface area contributed by atoms with Gasteiger partial charge in [-0.3, -0.25) is 4.98 Å². The molecular formula is C28H41N5O2. The van der Waals surface area contributed by atoms with Gasteiger partial charge in [0.2, 0.25) is 0 Å². The molecule has 0 aliphatic carbocycles. The zero-order valence-corrected chi connectivity index (χ0v) is 21.8. The second kappa shape index (κ2) is 9.70. The maximum atomic E-state index is 10.6. The molecule has 7 nitrogen and oxygen atoms in total. The van der Waals surface area contributed by atoms with Crippen LogP contribution in [0.1, 0.15) is 70.4 Å². The fourth-order valence-electron chi connectivity index (χ4n) is 5.80. The molecule has 7 heteroatoms. The Balaban J connectivity index is 1.56. The predicted molar refractivity (Wildman–Crippen MR) is 143 cm³/mol. The van der Waals surface area contributed by atoms with Gasteiger partial charge in [-0.2, -0.15) is 0 Å². The molecule has 0 atom stereocenters. The SMILES string of the molecule is CN(/C(N)=C/C=C(\N)c1cc2cc(C3CCOCC3)cnc2cc1O)C1CC(C)(C)NC(C)(C)C1. The van der Waals surface area contributed by atoms with E-state index in [-0.39, 0.29) is 16.8 Å². The van der Waals surface area contributed by atoms with Gasteiger partial charge in [-0.25, -0.2) is 0 Å². The van der Waals surface area contributed by atoms with Crippen LogP contribution in [0.25, 0.3) is 16.6 Å². The van der Waals surface area contributed by atoms with E-state index in [9.17, 15) is 5.11 Å². The Morgan fingerprint density at radius 3 is 2.40 bits per heavy atom. The lowest BCUT2D eigenvalue weighted by Gasteiger charge is -2.49. The second-order valence-electron chi connectivity index (χ2n) is 11.5. The third-order valence-corrected chi connectivity index (χ3v) is 7.38. The molecule has 0 spiro atoms. The molecule has 2 aromatic rings. The summed E-state index contributed by atoms with van der Waals surface area (Å²) in [6.45, 7) is 10.5. The van der Waals surface area contributed by atoms with Crippen molar-refractivity contribution in [2.75, 3.05) is 20.3 Å². The number of phenols is 1. The molecule has 190 valence electrons. The Labute approximate surface area is 209 Å². The van der Waals surface area contributed by atoms with Gasteiger partial charge in [0.15, 0.2) is 0 Å². The highest BCUT2D eigenvalue weighted by Crippen LogP contribution is 2.33. The number of phenolic OH excluding ortho intramolecular Hbond substituents is 1. The van der Waals surface area contributed by atoms with Crippen molar-refractivity contribution >= 4 is 16.6 Å². The van der Waals surface area contributed by atoms with Crippen molar-refractivity contribution in [3.63, 3.8) is 0 Å². The van der Waals surface area contributed by atoms with Crippen LogP contribution >= 0.6 is 0 Å². The molecule has 0 bridgehead atoms. The summed E-state index contributed by atoms with van der Waals surface area (Å²) >= 11 is 0. The van der Waals surface area contributed by atoms with E-state index in [1.54, 1.807) is 12.1 Å². The highest BCUT2D eigenvalue weighted by Gasteiger charge is 2.39. The van der Waals surface area contributed by atoms with Crippen molar-refractivity contribution < 1.29 is 9.84 Å². The van der Waals surface area contributed by atoms with Gasteiger partial charge in [-0.15, -0.1) is 0 Å². The molecule has 0 saturated carbocycles. The zero-order chi connectivity index (χ0) is 25.4. The number of hydrogen-bond acceptors (Lipinski definition) is 7. The average molecular weight is 480 g/mol. The van der Waals surface area contributed by atoms with Crippen LogP contribution in [0.15, 0.2) is 42.4 Å². The summed E-state index contributed by atoms with van der Waals surface area (Å²) in [7, 11) is 2.04. The fourth-order valence-corrected chi connectivity index (χ4v) is 5.80. The van der Waals surface area contributed by atoms with Crippen LogP contribution in [-0.2, 0) is 4.74 Å². The quantitative estimate of drug-likeness (QED) is 0.476. The van der Waals surface area contributed by atoms with Crippen molar-refractivity contribution in [2.24, 2.45) is 11.5 Å². The molecule has 0 radical (unpaired) electrons. The first-order chi connectivity index (χ1) is 16.4. The highest BCUT2D eigenvalue weighted by molar-refractivity contribution is 5.86. The van der Waals surface area contributed by atoms with E-state index in [1.807, 2.05) is 25.4 Å². The minimum Gasteiger partial charge on any atom is -0.507 e. The summed E-state index contributed by atoms with van der Waals surface area (Å²) in [6, 6.07) is 6.07. The van der Waals surface area contributed by atoms with Crippen molar-refractivity contribution in [2.45, 2.75) is 76.4 Å². The number of ether oxygens (including phenoxy) is 1. The van der Waals surface area contributed by atoms with Crippen LogP contribution in [0, 0.1) is 0 Å². The fraction of sp³-hybridized carbons (Fsp3) is 0.536. The molecular weight excluding hydrogens is 438 g/mol. The average Bonchev–Trinajstić information content (AvgIpc) is 2.79. The number of pyridine rings is 1. The molecule has 2 saturated heterocycles. The molecule has 4 rings (SSSR count). The number of hydrogen-bond donors (Lipinski definition) is 4. The highest BCUT2D eigenvalue weighted by atomic mass is 16.5. The van der Waals surface area contributed by atoms with E-state index in [4.69, 9.17) is 16.2 Å². The molecule has 0 unspecified atom stereocenters. The van der Waals surface area contributed by atoms with Crippen LogP contribution in [0.2, 0.25) is 0 Å². The molecule has 1 aromatic heterocycles. The van der Waals surface area contributed by atoms with Crippen LogP contribution in [0.4, 0.5) is 0 Å². The number of nitrogens with zero attached hydrogens (tertiary/aromatic N) is 2. The summed E-state index contributed by atoms with van der Waals surface area (Å²) in [6.07, 6.45) is 9.52. The first kappa shape index (κ1) is 25.3. The van der Waals surface area contributed by atoms with E-state index in [2.05, 4.69) is 49.0 Å². The van der Waals surface area contributed by atoms with E-state index < -0.39 is 0 Å². The van der Waals surface area contributed by atoms with Gasteiger partial charge in [0.05, 0.1) is 11.3 Å². The van der Waals surface area contributed by atoms with Gasteiger partial charge < -0.3 is 31.5 Å². The molecule has 2 fully saturated rings. The Morgan fingerprint density at radius 2 is 1.74 bits per heavy atom. The van der Waals surface area contributed by atoms with Gasteiger partial charge in [0.1, 0.15) is 5.75 Å². The summed E-state index contributed by atoms with van der Waals surface area (Å²) < 4.78 is 5.50. The standard InChI is InChI=1S/C28H41N5O2/c1-27(2)15-21(16-28(3,4)32-27)33(5)26(30)7-6-23(29)22-13-19-12-20(18-8-10-35-11-9-18)17-31-24(19)14-25(22)34/h6-7,12-14,17-18,21,32,34H,8-11,15-16,29-30H2,1-5H3/b23-6-,26-7+. The van der Waals surface area contributed by atoms with Crippen molar-refractivity contribution in [3.8, 4) is 5.75 Å².